The first-order valence-corrected chi connectivity index (χ1v) is 7.39. The number of rotatable bonds is 4. The third kappa shape index (κ3) is 3.08. The van der Waals surface area contributed by atoms with E-state index in [9.17, 15) is 0 Å². The van der Waals surface area contributed by atoms with Crippen LogP contribution in [0.5, 0.6) is 0 Å². The maximum absolute atomic E-state index is 5.43. The fourth-order valence-corrected chi connectivity index (χ4v) is 3.00. The van der Waals surface area contributed by atoms with Crippen LogP contribution in [0, 0.1) is 0 Å². The minimum Gasteiger partial charge on any atom is -0.379 e. The molecule has 1 N–H and O–H groups in total. The van der Waals surface area contributed by atoms with E-state index in [4.69, 9.17) is 4.74 Å². The Bertz CT molecular complexity index is 435. The molecular weight excluding hydrogens is 254 g/mol. The molecule has 2 aliphatic heterocycles. The van der Waals surface area contributed by atoms with Gasteiger partial charge in [0.2, 0.25) is 0 Å². The molecule has 0 amide bonds. The SMILES string of the molecule is CNCc1cncc(N2CCC(N3CCOCC3)C2)n1. The number of anilines is 1. The number of nitrogens with one attached hydrogen (secondary N) is 1. The summed E-state index contributed by atoms with van der Waals surface area (Å²) in [5, 5.41) is 3.12. The van der Waals surface area contributed by atoms with Gasteiger partial charge in [-0.1, -0.05) is 0 Å². The fraction of sp³-hybridized carbons (Fsp3) is 0.714. The predicted molar refractivity (Wildman–Crippen MR) is 77.8 cm³/mol. The van der Waals surface area contributed by atoms with E-state index in [1.54, 1.807) is 0 Å². The summed E-state index contributed by atoms with van der Waals surface area (Å²) in [5.41, 5.74) is 1.000. The second kappa shape index (κ2) is 6.47. The highest BCUT2D eigenvalue weighted by Crippen LogP contribution is 2.21. The Morgan fingerprint density at radius 1 is 1.30 bits per heavy atom. The van der Waals surface area contributed by atoms with Crippen LogP contribution in [0.15, 0.2) is 12.4 Å². The van der Waals surface area contributed by atoms with Crippen molar-refractivity contribution in [3.63, 3.8) is 0 Å². The molecule has 0 aromatic carbocycles. The molecule has 3 rings (SSSR count). The summed E-state index contributed by atoms with van der Waals surface area (Å²) in [5.74, 6) is 1.01. The Labute approximate surface area is 120 Å². The highest BCUT2D eigenvalue weighted by molar-refractivity contribution is 5.38. The van der Waals surface area contributed by atoms with Crippen molar-refractivity contribution in [1.82, 2.24) is 20.2 Å². The van der Waals surface area contributed by atoms with E-state index in [0.717, 1.165) is 57.4 Å². The van der Waals surface area contributed by atoms with E-state index in [-0.39, 0.29) is 0 Å². The average molecular weight is 277 g/mol. The molecule has 0 bridgehead atoms. The lowest BCUT2D eigenvalue weighted by Crippen LogP contribution is -2.44. The quantitative estimate of drug-likeness (QED) is 0.843. The monoisotopic (exact) mass is 277 g/mol. The smallest absolute Gasteiger partial charge is 0.147 e. The molecule has 1 atom stereocenters. The largest absolute Gasteiger partial charge is 0.379 e. The summed E-state index contributed by atoms with van der Waals surface area (Å²) in [4.78, 5) is 13.9. The molecular formula is C14H23N5O. The van der Waals surface area contributed by atoms with E-state index in [0.29, 0.717) is 6.04 Å². The van der Waals surface area contributed by atoms with Gasteiger partial charge in [-0.05, 0) is 13.5 Å². The molecule has 110 valence electrons. The third-order valence-corrected chi connectivity index (χ3v) is 4.08. The lowest BCUT2D eigenvalue weighted by atomic mass is 10.2. The van der Waals surface area contributed by atoms with E-state index >= 15 is 0 Å². The third-order valence-electron chi connectivity index (χ3n) is 4.08. The molecule has 3 heterocycles. The second-order valence-corrected chi connectivity index (χ2v) is 5.44. The van der Waals surface area contributed by atoms with Crippen LogP contribution in [0.3, 0.4) is 0 Å². The van der Waals surface area contributed by atoms with Gasteiger partial charge in [0.15, 0.2) is 0 Å². The van der Waals surface area contributed by atoms with E-state index in [2.05, 4.69) is 25.1 Å². The van der Waals surface area contributed by atoms with Gasteiger partial charge in [-0.15, -0.1) is 0 Å². The number of hydrogen-bond acceptors (Lipinski definition) is 6. The summed E-state index contributed by atoms with van der Waals surface area (Å²) in [6, 6.07) is 0.633. The highest BCUT2D eigenvalue weighted by atomic mass is 16.5. The van der Waals surface area contributed by atoms with Gasteiger partial charge >= 0.3 is 0 Å². The minimum atomic E-state index is 0.633. The van der Waals surface area contributed by atoms with E-state index in [1.165, 1.54) is 6.42 Å². The maximum Gasteiger partial charge on any atom is 0.147 e. The standard InChI is InChI=1S/C14H23N5O/c1-15-8-12-9-16-10-14(17-12)19-3-2-13(11-19)18-4-6-20-7-5-18/h9-10,13,15H,2-8,11H2,1H3. The zero-order valence-electron chi connectivity index (χ0n) is 12.1. The molecule has 1 unspecified atom stereocenters. The highest BCUT2D eigenvalue weighted by Gasteiger charge is 2.29. The van der Waals surface area contributed by atoms with Crippen LogP contribution in [0.25, 0.3) is 0 Å². The van der Waals surface area contributed by atoms with Crippen LogP contribution in [-0.2, 0) is 11.3 Å². The van der Waals surface area contributed by atoms with Crippen LogP contribution in [-0.4, -0.2) is 67.4 Å². The Hall–Kier alpha value is -1.24. The summed E-state index contributed by atoms with van der Waals surface area (Å²) < 4.78 is 5.43. The zero-order chi connectivity index (χ0) is 13.8. The van der Waals surface area contributed by atoms with Gasteiger partial charge in [0.05, 0.1) is 25.1 Å². The van der Waals surface area contributed by atoms with Crippen molar-refractivity contribution in [2.45, 2.75) is 19.0 Å². The molecule has 2 fully saturated rings. The molecule has 6 heteroatoms. The van der Waals surface area contributed by atoms with Crippen molar-refractivity contribution in [2.24, 2.45) is 0 Å². The maximum atomic E-state index is 5.43. The Morgan fingerprint density at radius 3 is 2.95 bits per heavy atom. The molecule has 2 aliphatic rings. The first kappa shape index (κ1) is 13.7. The number of aromatic nitrogens is 2. The average Bonchev–Trinajstić information content (AvgIpc) is 2.99. The molecule has 0 saturated carbocycles. The van der Waals surface area contributed by atoms with Crippen LogP contribution >= 0.6 is 0 Å². The molecule has 0 aliphatic carbocycles. The predicted octanol–water partition coefficient (Wildman–Crippen LogP) is 0.107. The van der Waals surface area contributed by atoms with Gasteiger partial charge < -0.3 is 15.0 Å². The summed E-state index contributed by atoms with van der Waals surface area (Å²) >= 11 is 0. The summed E-state index contributed by atoms with van der Waals surface area (Å²) in [7, 11) is 1.93. The number of hydrogen-bond donors (Lipinski definition) is 1. The molecule has 2 saturated heterocycles. The lowest BCUT2D eigenvalue weighted by molar-refractivity contribution is 0.0209. The lowest BCUT2D eigenvalue weighted by Gasteiger charge is -2.32. The van der Waals surface area contributed by atoms with Gasteiger partial charge in [-0.25, -0.2) is 4.98 Å². The van der Waals surface area contributed by atoms with Gasteiger partial charge in [0, 0.05) is 45.0 Å². The first-order valence-electron chi connectivity index (χ1n) is 7.39. The normalized spacial score (nSPS) is 24.2. The topological polar surface area (TPSA) is 53.5 Å². The molecule has 0 radical (unpaired) electrons. The van der Waals surface area contributed by atoms with Crippen LogP contribution in [0.4, 0.5) is 5.82 Å². The van der Waals surface area contributed by atoms with Gasteiger partial charge in [-0.2, -0.15) is 0 Å². The van der Waals surface area contributed by atoms with Crippen molar-refractivity contribution < 1.29 is 4.74 Å². The number of ether oxygens (including phenoxy) is 1. The fourth-order valence-electron chi connectivity index (χ4n) is 3.00. The number of morpholine rings is 1. The van der Waals surface area contributed by atoms with Crippen molar-refractivity contribution in [3.05, 3.63) is 18.1 Å². The molecule has 20 heavy (non-hydrogen) atoms. The van der Waals surface area contributed by atoms with Crippen LogP contribution < -0.4 is 10.2 Å². The van der Waals surface area contributed by atoms with Crippen LogP contribution in [0.2, 0.25) is 0 Å². The van der Waals surface area contributed by atoms with Crippen molar-refractivity contribution in [3.8, 4) is 0 Å². The zero-order valence-corrected chi connectivity index (χ0v) is 12.1. The Kier molecular flexibility index (Phi) is 4.44. The Balaban J connectivity index is 1.62. The molecule has 1 aromatic heterocycles. The van der Waals surface area contributed by atoms with Gasteiger partial charge in [-0.3, -0.25) is 9.88 Å². The van der Waals surface area contributed by atoms with E-state index in [1.807, 2.05) is 19.4 Å². The molecule has 1 aromatic rings. The van der Waals surface area contributed by atoms with Gasteiger partial charge in [0.25, 0.3) is 0 Å². The van der Waals surface area contributed by atoms with Crippen molar-refractivity contribution >= 4 is 5.82 Å². The molecule has 6 nitrogen and oxygen atoms in total. The van der Waals surface area contributed by atoms with Gasteiger partial charge in [0.1, 0.15) is 5.82 Å². The van der Waals surface area contributed by atoms with Crippen LogP contribution in [0.1, 0.15) is 12.1 Å². The summed E-state index contributed by atoms with van der Waals surface area (Å²) in [6.07, 6.45) is 4.91. The van der Waals surface area contributed by atoms with Crippen molar-refractivity contribution in [2.75, 3.05) is 51.3 Å². The minimum absolute atomic E-state index is 0.633. The Morgan fingerprint density at radius 2 is 2.15 bits per heavy atom. The van der Waals surface area contributed by atoms with Crippen molar-refractivity contribution in [1.29, 1.82) is 0 Å². The second-order valence-electron chi connectivity index (χ2n) is 5.44. The molecule has 0 spiro atoms. The first-order chi connectivity index (χ1) is 9.86. The number of nitrogens with zero attached hydrogens (tertiary/aromatic N) is 4. The van der Waals surface area contributed by atoms with E-state index < -0.39 is 0 Å². The summed E-state index contributed by atoms with van der Waals surface area (Å²) in [6.45, 7) is 6.74.